The molecule has 0 saturated heterocycles. The van der Waals surface area contributed by atoms with Gasteiger partial charge in [-0.25, -0.2) is 9.50 Å². The van der Waals surface area contributed by atoms with Gasteiger partial charge in [0.15, 0.2) is 11.5 Å². The average Bonchev–Trinajstić information content (AvgIpc) is 3.29. The van der Waals surface area contributed by atoms with Gasteiger partial charge < -0.3 is 9.73 Å². The van der Waals surface area contributed by atoms with Crippen LogP contribution in [0.3, 0.4) is 0 Å². The van der Waals surface area contributed by atoms with E-state index in [4.69, 9.17) is 4.42 Å². The molecular formula is C15H14N6O2S. The van der Waals surface area contributed by atoms with Gasteiger partial charge >= 0.3 is 0 Å². The van der Waals surface area contributed by atoms with Gasteiger partial charge in [-0.05, 0) is 26.0 Å². The second-order valence-corrected chi connectivity index (χ2v) is 6.22. The number of hydrogen-bond acceptors (Lipinski definition) is 6. The first kappa shape index (κ1) is 14.6. The minimum Gasteiger partial charge on any atom is -0.460 e. The number of aromatic amines is 1. The van der Waals surface area contributed by atoms with Crippen molar-refractivity contribution < 1.29 is 9.21 Å². The first-order chi connectivity index (χ1) is 11.6. The molecule has 0 unspecified atom stereocenters. The number of carbonyl (C=O) groups is 1. The minimum atomic E-state index is -0.280. The molecule has 0 saturated carbocycles. The molecule has 4 aromatic heterocycles. The number of amides is 1. The number of furan rings is 1. The van der Waals surface area contributed by atoms with E-state index in [2.05, 4.69) is 25.6 Å². The first-order valence-electron chi connectivity index (χ1n) is 7.32. The molecule has 4 aromatic rings. The predicted octanol–water partition coefficient (Wildman–Crippen LogP) is 2.57. The Morgan fingerprint density at radius 1 is 1.46 bits per heavy atom. The SMILES string of the molecule is Cc1ccc(-c2cc(C(=O)N[C@@H](C)c3cn4ncsc4n3)n[nH]2)o1. The van der Waals surface area contributed by atoms with Crippen molar-refractivity contribution in [2.45, 2.75) is 19.9 Å². The molecule has 2 N–H and O–H groups in total. The normalized spacial score (nSPS) is 12.6. The van der Waals surface area contributed by atoms with E-state index in [0.717, 1.165) is 16.4 Å². The van der Waals surface area contributed by atoms with Crippen molar-refractivity contribution in [1.29, 1.82) is 0 Å². The lowest BCUT2D eigenvalue weighted by atomic mass is 10.2. The van der Waals surface area contributed by atoms with Crippen LogP contribution in [0.1, 0.15) is 34.9 Å². The summed E-state index contributed by atoms with van der Waals surface area (Å²) in [5, 5.41) is 13.9. The Bertz CT molecular complexity index is 982. The fourth-order valence-corrected chi connectivity index (χ4v) is 2.96. The summed E-state index contributed by atoms with van der Waals surface area (Å²) in [7, 11) is 0. The van der Waals surface area contributed by atoms with Crippen LogP contribution in [0.5, 0.6) is 0 Å². The summed E-state index contributed by atoms with van der Waals surface area (Å²) in [6, 6.07) is 5.10. The van der Waals surface area contributed by atoms with Gasteiger partial charge in [-0.15, -0.1) is 0 Å². The quantitative estimate of drug-likeness (QED) is 0.593. The molecule has 8 nitrogen and oxygen atoms in total. The van der Waals surface area contributed by atoms with Crippen LogP contribution in [-0.2, 0) is 0 Å². The number of nitrogens with zero attached hydrogens (tertiary/aromatic N) is 4. The second kappa shape index (κ2) is 5.60. The van der Waals surface area contributed by atoms with Gasteiger partial charge in [-0.3, -0.25) is 9.89 Å². The maximum Gasteiger partial charge on any atom is 0.272 e. The van der Waals surface area contributed by atoms with E-state index in [1.165, 1.54) is 11.3 Å². The number of aryl methyl sites for hydroxylation is 1. The van der Waals surface area contributed by atoms with E-state index in [0.29, 0.717) is 17.1 Å². The molecule has 122 valence electrons. The zero-order chi connectivity index (χ0) is 16.7. The van der Waals surface area contributed by atoms with Crippen molar-refractivity contribution in [3.05, 3.63) is 47.1 Å². The van der Waals surface area contributed by atoms with Gasteiger partial charge in [-0.1, -0.05) is 11.3 Å². The van der Waals surface area contributed by atoms with Crippen LogP contribution in [0, 0.1) is 6.92 Å². The number of carbonyl (C=O) groups excluding carboxylic acids is 1. The lowest BCUT2D eigenvalue weighted by Crippen LogP contribution is -2.27. The van der Waals surface area contributed by atoms with E-state index in [1.54, 1.807) is 22.3 Å². The summed E-state index contributed by atoms with van der Waals surface area (Å²) in [6.45, 7) is 3.73. The molecule has 0 aliphatic heterocycles. The molecule has 1 atom stereocenters. The van der Waals surface area contributed by atoms with Gasteiger partial charge in [0.1, 0.15) is 17.0 Å². The number of fused-ring (bicyclic) bond motifs is 1. The van der Waals surface area contributed by atoms with Crippen LogP contribution in [0.4, 0.5) is 0 Å². The highest BCUT2D eigenvalue weighted by Crippen LogP contribution is 2.21. The molecule has 0 bridgehead atoms. The molecular weight excluding hydrogens is 328 g/mol. The fraction of sp³-hybridized carbons (Fsp3) is 0.200. The van der Waals surface area contributed by atoms with Crippen LogP contribution in [0.25, 0.3) is 16.4 Å². The Hall–Kier alpha value is -2.94. The van der Waals surface area contributed by atoms with E-state index in [-0.39, 0.29) is 11.9 Å². The maximum absolute atomic E-state index is 12.4. The van der Waals surface area contributed by atoms with Crippen molar-refractivity contribution in [2.24, 2.45) is 0 Å². The molecule has 0 aliphatic carbocycles. The number of H-pyrrole nitrogens is 1. The highest BCUT2D eigenvalue weighted by atomic mass is 32.1. The summed E-state index contributed by atoms with van der Waals surface area (Å²) >= 11 is 1.44. The largest absolute Gasteiger partial charge is 0.460 e. The summed E-state index contributed by atoms with van der Waals surface area (Å²) in [5.74, 6) is 1.16. The Morgan fingerprint density at radius 3 is 3.08 bits per heavy atom. The number of imidazole rings is 1. The predicted molar refractivity (Wildman–Crippen MR) is 87.8 cm³/mol. The lowest BCUT2D eigenvalue weighted by Gasteiger charge is -2.09. The van der Waals surface area contributed by atoms with Gasteiger partial charge in [0, 0.05) is 6.07 Å². The van der Waals surface area contributed by atoms with Crippen molar-refractivity contribution >= 4 is 22.2 Å². The molecule has 0 aromatic carbocycles. The van der Waals surface area contributed by atoms with Crippen LogP contribution >= 0.6 is 11.3 Å². The van der Waals surface area contributed by atoms with E-state index < -0.39 is 0 Å². The van der Waals surface area contributed by atoms with E-state index in [9.17, 15) is 4.79 Å². The molecule has 4 heterocycles. The van der Waals surface area contributed by atoms with Crippen LogP contribution in [0.15, 0.2) is 34.3 Å². The van der Waals surface area contributed by atoms with Gasteiger partial charge in [0.25, 0.3) is 5.91 Å². The summed E-state index contributed by atoms with van der Waals surface area (Å²) in [6.07, 6.45) is 1.80. The molecule has 4 rings (SSSR count). The van der Waals surface area contributed by atoms with Gasteiger partial charge in [-0.2, -0.15) is 10.2 Å². The van der Waals surface area contributed by atoms with Crippen LogP contribution in [-0.4, -0.2) is 30.7 Å². The highest BCUT2D eigenvalue weighted by molar-refractivity contribution is 7.14. The third kappa shape index (κ3) is 2.58. The molecule has 0 aliphatic rings. The Morgan fingerprint density at radius 2 is 2.33 bits per heavy atom. The van der Waals surface area contributed by atoms with Crippen molar-refractivity contribution in [3.63, 3.8) is 0 Å². The second-order valence-electron chi connectivity index (χ2n) is 5.40. The van der Waals surface area contributed by atoms with Crippen LogP contribution < -0.4 is 5.32 Å². The molecule has 0 spiro atoms. The Kier molecular flexibility index (Phi) is 3.42. The summed E-state index contributed by atoms with van der Waals surface area (Å²) in [5.41, 5.74) is 3.43. The van der Waals surface area contributed by atoms with E-state index in [1.807, 2.05) is 26.0 Å². The molecule has 0 fully saturated rings. The number of hydrogen-bond donors (Lipinski definition) is 2. The Balaban J connectivity index is 1.49. The summed E-state index contributed by atoms with van der Waals surface area (Å²) < 4.78 is 7.21. The van der Waals surface area contributed by atoms with Gasteiger partial charge in [0.2, 0.25) is 4.96 Å². The monoisotopic (exact) mass is 342 g/mol. The zero-order valence-electron chi connectivity index (χ0n) is 13.0. The average molecular weight is 342 g/mol. The minimum absolute atomic E-state index is 0.252. The molecule has 1 amide bonds. The fourth-order valence-electron chi connectivity index (χ4n) is 2.35. The maximum atomic E-state index is 12.4. The number of rotatable bonds is 4. The molecule has 9 heteroatoms. The molecule has 24 heavy (non-hydrogen) atoms. The standard InChI is InChI=1S/C15H14N6O2S/c1-8-3-4-13(23-8)10-5-11(20-19-10)14(22)17-9(2)12-6-21-15(18-12)24-7-16-21/h3-7,9H,1-2H3,(H,17,22)(H,19,20)/t9-/m0/s1. The van der Waals surface area contributed by atoms with Crippen molar-refractivity contribution in [3.8, 4) is 11.5 Å². The van der Waals surface area contributed by atoms with E-state index >= 15 is 0 Å². The number of aromatic nitrogens is 5. The van der Waals surface area contributed by atoms with Crippen LogP contribution in [0.2, 0.25) is 0 Å². The van der Waals surface area contributed by atoms with Crippen molar-refractivity contribution in [2.75, 3.05) is 0 Å². The Labute approximate surface area is 140 Å². The third-order valence-corrected chi connectivity index (χ3v) is 4.30. The van der Waals surface area contributed by atoms with Gasteiger partial charge in [0.05, 0.1) is 17.9 Å². The highest BCUT2D eigenvalue weighted by Gasteiger charge is 2.18. The molecule has 0 radical (unpaired) electrons. The first-order valence-corrected chi connectivity index (χ1v) is 8.20. The van der Waals surface area contributed by atoms with Crippen molar-refractivity contribution in [1.82, 2.24) is 30.1 Å². The summed E-state index contributed by atoms with van der Waals surface area (Å²) in [4.78, 5) is 17.6. The third-order valence-electron chi connectivity index (χ3n) is 3.61. The lowest BCUT2D eigenvalue weighted by molar-refractivity contribution is 0.0934. The topological polar surface area (TPSA) is 101 Å². The smallest absolute Gasteiger partial charge is 0.272 e. The zero-order valence-corrected chi connectivity index (χ0v) is 13.8. The number of nitrogens with one attached hydrogen (secondary N) is 2.